The van der Waals surface area contributed by atoms with Gasteiger partial charge in [-0.3, -0.25) is 4.68 Å². The van der Waals surface area contributed by atoms with Crippen molar-refractivity contribution in [2.45, 2.75) is 19.9 Å². The molecule has 2 aromatic rings. The van der Waals surface area contributed by atoms with E-state index in [4.69, 9.17) is 0 Å². The van der Waals surface area contributed by atoms with Crippen molar-refractivity contribution in [3.8, 4) is 0 Å². The average molecular weight is 229 g/mol. The van der Waals surface area contributed by atoms with Crippen molar-refractivity contribution in [2.75, 3.05) is 7.05 Å². The maximum Gasteiger partial charge on any atom is 0.0745 e. The minimum absolute atomic E-state index is 0.196. The third kappa shape index (κ3) is 2.24. The van der Waals surface area contributed by atoms with Crippen molar-refractivity contribution in [1.29, 1.82) is 0 Å². The fourth-order valence-corrected chi connectivity index (χ4v) is 2.10. The molecule has 1 unspecified atom stereocenters. The van der Waals surface area contributed by atoms with Gasteiger partial charge in [0, 0.05) is 13.2 Å². The van der Waals surface area contributed by atoms with Gasteiger partial charge in [0.15, 0.2) is 0 Å². The molecule has 0 radical (unpaired) electrons. The zero-order chi connectivity index (χ0) is 12.4. The Morgan fingerprint density at radius 3 is 2.47 bits per heavy atom. The molecule has 1 heterocycles. The molecular weight excluding hydrogens is 210 g/mol. The van der Waals surface area contributed by atoms with E-state index in [0.29, 0.717) is 0 Å². The highest BCUT2D eigenvalue weighted by Gasteiger charge is 2.15. The van der Waals surface area contributed by atoms with Crippen LogP contribution in [0.5, 0.6) is 0 Å². The van der Waals surface area contributed by atoms with Crippen molar-refractivity contribution < 1.29 is 0 Å². The number of benzene rings is 1. The van der Waals surface area contributed by atoms with Crippen LogP contribution < -0.4 is 5.32 Å². The molecule has 0 amide bonds. The summed E-state index contributed by atoms with van der Waals surface area (Å²) in [6.45, 7) is 4.28. The van der Waals surface area contributed by atoms with Crippen LogP contribution in [-0.4, -0.2) is 16.8 Å². The van der Waals surface area contributed by atoms with Crippen molar-refractivity contribution in [2.24, 2.45) is 7.05 Å². The summed E-state index contributed by atoms with van der Waals surface area (Å²) in [6.07, 6.45) is 1.83. The van der Waals surface area contributed by atoms with Crippen LogP contribution >= 0.6 is 0 Å². The molecule has 0 saturated heterocycles. The highest BCUT2D eigenvalue weighted by Crippen LogP contribution is 2.22. The Kier molecular flexibility index (Phi) is 3.29. The molecule has 2 rings (SSSR count). The lowest BCUT2D eigenvalue weighted by Crippen LogP contribution is -2.20. The van der Waals surface area contributed by atoms with E-state index >= 15 is 0 Å². The Balaban J connectivity index is 2.42. The number of aryl methyl sites for hydroxylation is 3. The van der Waals surface area contributed by atoms with E-state index in [2.05, 4.69) is 48.5 Å². The predicted molar refractivity (Wildman–Crippen MR) is 70.0 cm³/mol. The normalized spacial score (nSPS) is 12.7. The van der Waals surface area contributed by atoms with E-state index in [9.17, 15) is 0 Å². The molecule has 0 saturated carbocycles. The highest BCUT2D eigenvalue weighted by atomic mass is 15.3. The quantitative estimate of drug-likeness (QED) is 0.875. The maximum absolute atomic E-state index is 4.23. The van der Waals surface area contributed by atoms with Crippen LogP contribution in [0.4, 0.5) is 0 Å². The molecule has 3 nitrogen and oxygen atoms in total. The molecule has 0 fully saturated rings. The molecule has 0 spiro atoms. The first kappa shape index (κ1) is 11.9. The van der Waals surface area contributed by atoms with Crippen LogP contribution in [0.1, 0.15) is 28.4 Å². The molecule has 0 aliphatic rings. The van der Waals surface area contributed by atoms with E-state index in [1.807, 2.05) is 25.0 Å². The molecule has 1 aromatic heterocycles. The van der Waals surface area contributed by atoms with E-state index in [0.717, 1.165) is 0 Å². The predicted octanol–water partition coefficient (Wildman–Crippen LogP) is 2.35. The summed E-state index contributed by atoms with van der Waals surface area (Å²) in [7, 11) is 3.95. The Morgan fingerprint density at radius 2 is 1.94 bits per heavy atom. The molecule has 90 valence electrons. The van der Waals surface area contributed by atoms with Gasteiger partial charge in [-0.05, 0) is 43.7 Å². The first-order valence-corrected chi connectivity index (χ1v) is 5.86. The van der Waals surface area contributed by atoms with Crippen molar-refractivity contribution >= 4 is 0 Å². The zero-order valence-electron chi connectivity index (χ0n) is 10.9. The summed E-state index contributed by atoms with van der Waals surface area (Å²) >= 11 is 0. The Bertz CT molecular complexity index is 514. The second kappa shape index (κ2) is 4.72. The molecule has 0 aliphatic heterocycles. The van der Waals surface area contributed by atoms with Gasteiger partial charge in [-0.15, -0.1) is 0 Å². The first-order chi connectivity index (χ1) is 8.13. The molecule has 3 heteroatoms. The standard InChI is InChI=1S/C14H19N3/c1-10-5-6-12(9-11(10)2)14(15-3)13-7-8-16-17(13)4/h5-9,14-15H,1-4H3. The summed E-state index contributed by atoms with van der Waals surface area (Å²) in [5, 5.41) is 7.58. The van der Waals surface area contributed by atoms with E-state index in [-0.39, 0.29) is 6.04 Å². The molecule has 1 aromatic carbocycles. The van der Waals surface area contributed by atoms with Crippen LogP contribution in [0.2, 0.25) is 0 Å². The van der Waals surface area contributed by atoms with Gasteiger partial charge in [0.1, 0.15) is 0 Å². The number of rotatable bonds is 3. The lowest BCUT2D eigenvalue weighted by Gasteiger charge is -2.18. The lowest BCUT2D eigenvalue weighted by molar-refractivity contribution is 0.605. The summed E-state index contributed by atoms with van der Waals surface area (Å²) in [4.78, 5) is 0. The molecule has 0 aliphatic carbocycles. The third-order valence-corrected chi connectivity index (χ3v) is 3.31. The van der Waals surface area contributed by atoms with Crippen molar-refractivity contribution in [3.63, 3.8) is 0 Å². The van der Waals surface area contributed by atoms with Crippen LogP contribution in [-0.2, 0) is 7.05 Å². The zero-order valence-corrected chi connectivity index (χ0v) is 10.9. The van der Waals surface area contributed by atoms with E-state index in [1.54, 1.807) is 0 Å². The third-order valence-electron chi connectivity index (χ3n) is 3.31. The summed E-state index contributed by atoms with van der Waals surface area (Å²) in [5.74, 6) is 0. The van der Waals surface area contributed by atoms with Crippen LogP contribution in [0, 0.1) is 13.8 Å². The maximum atomic E-state index is 4.23. The fourth-order valence-electron chi connectivity index (χ4n) is 2.10. The van der Waals surface area contributed by atoms with Crippen molar-refractivity contribution in [3.05, 3.63) is 52.8 Å². The Labute approximate surface area is 102 Å². The molecule has 1 N–H and O–H groups in total. The lowest BCUT2D eigenvalue weighted by atomic mass is 9.99. The minimum Gasteiger partial charge on any atom is -0.308 e. The average Bonchev–Trinajstić information content (AvgIpc) is 2.71. The van der Waals surface area contributed by atoms with Gasteiger partial charge in [-0.1, -0.05) is 18.2 Å². The van der Waals surface area contributed by atoms with Gasteiger partial charge in [0.05, 0.1) is 11.7 Å². The fraction of sp³-hybridized carbons (Fsp3) is 0.357. The Hall–Kier alpha value is -1.61. The van der Waals surface area contributed by atoms with Gasteiger partial charge >= 0.3 is 0 Å². The van der Waals surface area contributed by atoms with Crippen LogP contribution in [0.3, 0.4) is 0 Å². The molecule has 1 atom stereocenters. The van der Waals surface area contributed by atoms with Gasteiger partial charge in [-0.25, -0.2) is 0 Å². The van der Waals surface area contributed by atoms with Gasteiger partial charge in [-0.2, -0.15) is 5.10 Å². The van der Waals surface area contributed by atoms with Gasteiger partial charge < -0.3 is 5.32 Å². The van der Waals surface area contributed by atoms with E-state index < -0.39 is 0 Å². The number of aromatic nitrogens is 2. The molecule has 17 heavy (non-hydrogen) atoms. The monoisotopic (exact) mass is 229 g/mol. The van der Waals surface area contributed by atoms with Crippen LogP contribution in [0.25, 0.3) is 0 Å². The Morgan fingerprint density at radius 1 is 1.18 bits per heavy atom. The number of nitrogens with one attached hydrogen (secondary N) is 1. The van der Waals surface area contributed by atoms with Crippen molar-refractivity contribution in [1.82, 2.24) is 15.1 Å². The SMILES string of the molecule is CNC(c1ccc(C)c(C)c1)c1ccnn1C. The number of hydrogen-bond donors (Lipinski definition) is 1. The second-order valence-electron chi connectivity index (χ2n) is 4.45. The summed E-state index contributed by atoms with van der Waals surface area (Å²) < 4.78 is 1.91. The number of hydrogen-bond acceptors (Lipinski definition) is 2. The van der Waals surface area contributed by atoms with Crippen LogP contribution in [0.15, 0.2) is 30.5 Å². The molecular formula is C14H19N3. The number of nitrogens with zero attached hydrogens (tertiary/aromatic N) is 2. The highest BCUT2D eigenvalue weighted by molar-refractivity contribution is 5.35. The smallest absolute Gasteiger partial charge is 0.0745 e. The largest absolute Gasteiger partial charge is 0.308 e. The van der Waals surface area contributed by atoms with Gasteiger partial charge in [0.25, 0.3) is 0 Å². The summed E-state index contributed by atoms with van der Waals surface area (Å²) in [5.41, 5.74) is 5.11. The van der Waals surface area contributed by atoms with Gasteiger partial charge in [0.2, 0.25) is 0 Å². The summed E-state index contributed by atoms with van der Waals surface area (Å²) in [6, 6.07) is 8.84. The van der Waals surface area contributed by atoms with E-state index in [1.165, 1.54) is 22.4 Å². The molecule has 0 bridgehead atoms. The minimum atomic E-state index is 0.196. The topological polar surface area (TPSA) is 29.9 Å². The first-order valence-electron chi connectivity index (χ1n) is 5.86. The second-order valence-corrected chi connectivity index (χ2v) is 4.45.